The van der Waals surface area contributed by atoms with Gasteiger partial charge in [0.05, 0.1) is 16.3 Å². The molecule has 1 amide bonds. The Morgan fingerprint density at radius 2 is 1.73 bits per heavy atom. The molecule has 172 valence electrons. The maximum atomic E-state index is 12.7. The second-order valence-corrected chi connectivity index (χ2v) is 8.06. The van der Waals surface area contributed by atoms with E-state index in [0.29, 0.717) is 42.7 Å². The molecule has 6 nitrogen and oxygen atoms in total. The van der Waals surface area contributed by atoms with E-state index in [-0.39, 0.29) is 17.5 Å². The number of aromatic nitrogens is 2. The SMILES string of the molecule is O=C(NC1CCN(c2nccc(Nc3ccccc3Cl)n2)CC1)c1ccc(C(F)(F)F)cc1. The predicted molar refractivity (Wildman–Crippen MR) is 121 cm³/mol. The molecule has 0 radical (unpaired) electrons. The summed E-state index contributed by atoms with van der Waals surface area (Å²) in [4.78, 5) is 23.4. The molecule has 10 heteroatoms. The van der Waals surface area contributed by atoms with E-state index in [1.54, 1.807) is 18.3 Å². The summed E-state index contributed by atoms with van der Waals surface area (Å²) < 4.78 is 38.1. The third-order valence-corrected chi connectivity index (χ3v) is 5.70. The van der Waals surface area contributed by atoms with E-state index in [4.69, 9.17) is 11.6 Å². The molecule has 1 fully saturated rings. The van der Waals surface area contributed by atoms with Gasteiger partial charge in [-0.1, -0.05) is 23.7 Å². The standard InChI is InChI=1S/C23H21ClF3N5O/c24-18-3-1-2-4-19(18)30-20-9-12-28-22(31-20)32-13-10-17(11-14-32)29-21(33)15-5-7-16(8-6-15)23(25,26)27/h1-9,12,17H,10-11,13-14H2,(H,29,33)(H,28,30,31). The summed E-state index contributed by atoms with van der Waals surface area (Å²) in [7, 11) is 0. The number of benzene rings is 2. The van der Waals surface area contributed by atoms with Gasteiger partial charge in [0.15, 0.2) is 0 Å². The second-order valence-electron chi connectivity index (χ2n) is 7.66. The molecule has 2 N–H and O–H groups in total. The van der Waals surface area contributed by atoms with E-state index in [2.05, 4.69) is 20.6 Å². The second kappa shape index (κ2) is 9.66. The van der Waals surface area contributed by atoms with Crippen molar-refractivity contribution in [2.75, 3.05) is 23.3 Å². The number of nitrogens with one attached hydrogen (secondary N) is 2. The van der Waals surface area contributed by atoms with Crippen LogP contribution in [0.1, 0.15) is 28.8 Å². The molecule has 1 aliphatic heterocycles. The number of piperidine rings is 1. The first-order valence-corrected chi connectivity index (χ1v) is 10.7. The van der Waals surface area contributed by atoms with Gasteiger partial charge in [0.1, 0.15) is 5.82 Å². The van der Waals surface area contributed by atoms with Crippen LogP contribution in [-0.4, -0.2) is 35.0 Å². The van der Waals surface area contributed by atoms with Crippen LogP contribution in [0.2, 0.25) is 5.02 Å². The number of halogens is 4. The summed E-state index contributed by atoms with van der Waals surface area (Å²) in [5, 5.41) is 6.67. The summed E-state index contributed by atoms with van der Waals surface area (Å²) in [6.45, 7) is 1.26. The number of carbonyl (C=O) groups excluding carboxylic acids is 1. The molecular formula is C23H21ClF3N5O. The third-order valence-electron chi connectivity index (χ3n) is 5.37. The van der Waals surface area contributed by atoms with Gasteiger partial charge in [0, 0.05) is 30.9 Å². The Bertz CT molecular complexity index is 1120. The largest absolute Gasteiger partial charge is 0.416 e. The van der Waals surface area contributed by atoms with Gasteiger partial charge >= 0.3 is 6.18 Å². The highest BCUT2D eigenvalue weighted by Gasteiger charge is 2.30. The highest BCUT2D eigenvalue weighted by Crippen LogP contribution is 2.29. The van der Waals surface area contributed by atoms with Crippen LogP contribution < -0.4 is 15.5 Å². The molecular weight excluding hydrogens is 455 g/mol. The van der Waals surface area contributed by atoms with E-state index >= 15 is 0 Å². The van der Waals surface area contributed by atoms with Crippen molar-refractivity contribution in [3.05, 3.63) is 76.9 Å². The van der Waals surface area contributed by atoms with Gasteiger partial charge in [0.25, 0.3) is 5.91 Å². The third kappa shape index (κ3) is 5.73. The Hall–Kier alpha value is -3.33. The Labute approximate surface area is 193 Å². The van der Waals surface area contributed by atoms with Crippen LogP contribution in [0.4, 0.5) is 30.6 Å². The van der Waals surface area contributed by atoms with Crippen molar-refractivity contribution in [2.24, 2.45) is 0 Å². The zero-order valence-electron chi connectivity index (χ0n) is 17.4. The molecule has 3 aromatic rings. The normalized spacial score (nSPS) is 14.7. The summed E-state index contributed by atoms with van der Waals surface area (Å²) >= 11 is 6.19. The average molecular weight is 476 g/mol. The Morgan fingerprint density at radius 3 is 2.39 bits per heavy atom. The lowest BCUT2D eigenvalue weighted by Crippen LogP contribution is -2.45. The molecule has 0 atom stereocenters. The summed E-state index contributed by atoms with van der Waals surface area (Å²) in [5.41, 5.74) is 0.166. The van der Waals surface area contributed by atoms with Crippen molar-refractivity contribution in [2.45, 2.75) is 25.1 Å². The number of para-hydroxylation sites is 1. The average Bonchev–Trinajstić information content (AvgIpc) is 2.81. The number of carbonyl (C=O) groups is 1. The Kier molecular flexibility index (Phi) is 6.69. The molecule has 33 heavy (non-hydrogen) atoms. The van der Waals surface area contributed by atoms with Crippen molar-refractivity contribution in [3.8, 4) is 0 Å². The fourth-order valence-electron chi connectivity index (χ4n) is 3.57. The molecule has 0 bridgehead atoms. The van der Waals surface area contributed by atoms with Crippen molar-refractivity contribution >= 4 is 35.0 Å². The van der Waals surface area contributed by atoms with Gasteiger partial charge in [-0.15, -0.1) is 0 Å². The van der Waals surface area contributed by atoms with Gasteiger partial charge in [-0.3, -0.25) is 4.79 Å². The molecule has 0 spiro atoms. The van der Waals surface area contributed by atoms with Crippen LogP contribution in [0.25, 0.3) is 0 Å². The highest BCUT2D eigenvalue weighted by atomic mass is 35.5. The lowest BCUT2D eigenvalue weighted by atomic mass is 10.0. The van der Waals surface area contributed by atoms with Crippen LogP contribution in [0.3, 0.4) is 0 Å². The summed E-state index contributed by atoms with van der Waals surface area (Å²) in [6.07, 6.45) is -1.43. The number of amides is 1. The number of hydrogen-bond donors (Lipinski definition) is 2. The van der Waals surface area contributed by atoms with Crippen molar-refractivity contribution in [1.29, 1.82) is 0 Å². The molecule has 2 heterocycles. The van der Waals surface area contributed by atoms with E-state index in [1.165, 1.54) is 12.1 Å². The molecule has 4 rings (SSSR count). The fourth-order valence-corrected chi connectivity index (χ4v) is 3.76. The van der Waals surface area contributed by atoms with Crippen LogP contribution >= 0.6 is 11.6 Å². The quantitative estimate of drug-likeness (QED) is 0.524. The predicted octanol–water partition coefficient (Wildman–Crippen LogP) is 5.29. The first kappa shape index (κ1) is 22.8. The zero-order valence-corrected chi connectivity index (χ0v) is 18.2. The minimum Gasteiger partial charge on any atom is -0.349 e. The molecule has 1 aromatic heterocycles. The van der Waals surface area contributed by atoms with Crippen LogP contribution in [0.5, 0.6) is 0 Å². The highest BCUT2D eigenvalue weighted by molar-refractivity contribution is 6.33. The minimum absolute atomic E-state index is 0.0829. The van der Waals surface area contributed by atoms with E-state index in [9.17, 15) is 18.0 Å². The van der Waals surface area contributed by atoms with Crippen molar-refractivity contribution < 1.29 is 18.0 Å². The lowest BCUT2D eigenvalue weighted by molar-refractivity contribution is -0.137. The fraction of sp³-hybridized carbons (Fsp3) is 0.261. The number of nitrogens with zero attached hydrogens (tertiary/aromatic N) is 3. The van der Waals surface area contributed by atoms with Gasteiger partial charge in [0.2, 0.25) is 5.95 Å². The number of rotatable bonds is 5. The zero-order chi connectivity index (χ0) is 23.4. The van der Waals surface area contributed by atoms with Crippen molar-refractivity contribution in [1.82, 2.24) is 15.3 Å². The van der Waals surface area contributed by atoms with Gasteiger partial charge in [-0.2, -0.15) is 18.2 Å². The molecule has 1 saturated heterocycles. The van der Waals surface area contributed by atoms with E-state index in [0.717, 1.165) is 17.8 Å². The summed E-state index contributed by atoms with van der Waals surface area (Å²) in [6, 6.07) is 13.3. The Morgan fingerprint density at radius 1 is 1.03 bits per heavy atom. The molecule has 0 saturated carbocycles. The molecule has 1 aliphatic rings. The Balaban J connectivity index is 1.32. The van der Waals surface area contributed by atoms with E-state index < -0.39 is 11.7 Å². The van der Waals surface area contributed by atoms with Crippen LogP contribution in [0.15, 0.2) is 60.8 Å². The minimum atomic E-state index is -4.43. The van der Waals surface area contributed by atoms with Gasteiger partial charge < -0.3 is 15.5 Å². The van der Waals surface area contributed by atoms with E-state index in [1.807, 2.05) is 23.1 Å². The smallest absolute Gasteiger partial charge is 0.349 e. The van der Waals surface area contributed by atoms with Gasteiger partial charge in [-0.25, -0.2) is 4.98 Å². The maximum absolute atomic E-state index is 12.7. The first-order chi connectivity index (χ1) is 15.8. The molecule has 2 aromatic carbocycles. The molecule has 0 aliphatic carbocycles. The monoisotopic (exact) mass is 475 g/mol. The molecule has 0 unspecified atom stereocenters. The van der Waals surface area contributed by atoms with Crippen LogP contribution in [-0.2, 0) is 6.18 Å². The maximum Gasteiger partial charge on any atom is 0.416 e. The summed E-state index contributed by atoms with van der Waals surface area (Å²) in [5.74, 6) is 0.801. The lowest BCUT2D eigenvalue weighted by Gasteiger charge is -2.32. The first-order valence-electron chi connectivity index (χ1n) is 10.4. The number of anilines is 3. The van der Waals surface area contributed by atoms with Gasteiger partial charge in [-0.05, 0) is 55.3 Å². The topological polar surface area (TPSA) is 70.2 Å². The van der Waals surface area contributed by atoms with Crippen molar-refractivity contribution in [3.63, 3.8) is 0 Å². The van der Waals surface area contributed by atoms with Crippen LogP contribution in [0, 0.1) is 0 Å². The number of alkyl halides is 3. The number of hydrogen-bond acceptors (Lipinski definition) is 5.